The number of aromatic nitrogens is 1. The van der Waals surface area contributed by atoms with Crippen LogP contribution < -0.4 is 10.1 Å². The molecule has 1 aliphatic rings. The normalized spacial score (nSPS) is 15.2. The van der Waals surface area contributed by atoms with Gasteiger partial charge in [-0.2, -0.15) is 0 Å². The van der Waals surface area contributed by atoms with Crippen molar-refractivity contribution in [3.05, 3.63) is 53.5 Å². The fourth-order valence-corrected chi connectivity index (χ4v) is 2.72. The maximum atomic E-state index is 13.9. The van der Waals surface area contributed by atoms with E-state index in [9.17, 15) is 4.39 Å². The molecule has 1 saturated heterocycles. The maximum absolute atomic E-state index is 13.9. The number of benzene rings is 1. The molecule has 118 valence electrons. The summed E-state index contributed by atoms with van der Waals surface area (Å²) in [6, 6.07) is 8.92. The Hall–Kier alpha value is -1.65. The third-order valence-electron chi connectivity index (χ3n) is 3.87. The van der Waals surface area contributed by atoms with Gasteiger partial charge in [-0.25, -0.2) is 9.37 Å². The van der Waals surface area contributed by atoms with Crippen molar-refractivity contribution in [1.82, 2.24) is 10.3 Å². The van der Waals surface area contributed by atoms with Gasteiger partial charge in [-0.1, -0.05) is 12.1 Å². The quantitative estimate of drug-likeness (QED) is 0.919. The Morgan fingerprint density at radius 3 is 2.73 bits per heavy atom. The van der Waals surface area contributed by atoms with Gasteiger partial charge < -0.3 is 10.1 Å². The fraction of sp³-hybridized carbons (Fsp3) is 0.353. The van der Waals surface area contributed by atoms with Gasteiger partial charge in [0.2, 0.25) is 5.88 Å². The lowest BCUT2D eigenvalue weighted by atomic mass is 9.91. The third-order valence-corrected chi connectivity index (χ3v) is 3.87. The predicted molar refractivity (Wildman–Crippen MR) is 87.5 cm³/mol. The van der Waals surface area contributed by atoms with Crippen molar-refractivity contribution in [2.45, 2.75) is 25.7 Å². The van der Waals surface area contributed by atoms with Gasteiger partial charge in [0.1, 0.15) is 0 Å². The van der Waals surface area contributed by atoms with Crippen LogP contribution in [0.25, 0.3) is 0 Å². The second kappa shape index (κ2) is 7.56. The van der Waals surface area contributed by atoms with E-state index >= 15 is 0 Å². The highest BCUT2D eigenvalue weighted by molar-refractivity contribution is 5.85. The van der Waals surface area contributed by atoms with E-state index in [4.69, 9.17) is 4.74 Å². The SMILES string of the molecule is Cc1ccc(Oc2ncccc2C2CCNCC2)c(F)c1.Cl. The van der Waals surface area contributed by atoms with Crippen LogP contribution in [-0.2, 0) is 0 Å². The highest BCUT2D eigenvalue weighted by Gasteiger charge is 2.20. The molecule has 0 saturated carbocycles. The standard InChI is InChI=1S/C17H19FN2O.ClH/c1-12-4-5-16(15(18)11-12)21-17-14(3-2-8-20-17)13-6-9-19-10-7-13;/h2-5,8,11,13,19H,6-7,9-10H2,1H3;1H. The number of hydrogen-bond donors (Lipinski definition) is 1. The zero-order valence-electron chi connectivity index (χ0n) is 12.5. The van der Waals surface area contributed by atoms with Gasteiger partial charge in [0.05, 0.1) is 0 Å². The number of nitrogens with zero attached hydrogens (tertiary/aromatic N) is 1. The Kier molecular flexibility index (Phi) is 5.75. The third kappa shape index (κ3) is 3.76. The van der Waals surface area contributed by atoms with Gasteiger partial charge >= 0.3 is 0 Å². The zero-order chi connectivity index (χ0) is 14.7. The Morgan fingerprint density at radius 1 is 1.23 bits per heavy atom. The first-order valence-corrected chi connectivity index (χ1v) is 7.33. The minimum absolute atomic E-state index is 0. The number of nitrogens with one attached hydrogen (secondary N) is 1. The van der Waals surface area contributed by atoms with Crippen molar-refractivity contribution in [2.75, 3.05) is 13.1 Å². The Morgan fingerprint density at radius 2 is 2.00 bits per heavy atom. The molecule has 1 aliphatic heterocycles. The van der Waals surface area contributed by atoms with Crippen LogP contribution >= 0.6 is 12.4 Å². The highest BCUT2D eigenvalue weighted by atomic mass is 35.5. The van der Waals surface area contributed by atoms with Crippen molar-refractivity contribution in [1.29, 1.82) is 0 Å². The van der Waals surface area contributed by atoms with Gasteiger partial charge in [0.15, 0.2) is 11.6 Å². The molecule has 0 spiro atoms. The molecule has 5 heteroatoms. The molecule has 1 aromatic carbocycles. The molecular weight excluding hydrogens is 303 g/mol. The predicted octanol–water partition coefficient (Wildman–Crippen LogP) is 4.21. The molecule has 0 atom stereocenters. The average molecular weight is 323 g/mol. The van der Waals surface area contributed by atoms with Crippen LogP contribution in [0.1, 0.15) is 29.9 Å². The lowest BCUT2D eigenvalue weighted by Crippen LogP contribution is -2.26. The number of hydrogen-bond acceptors (Lipinski definition) is 3. The van der Waals surface area contributed by atoms with Crippen LogP contribution in [-0.4, -0.2) is 18.1 Å². The van der Waals surface area contributed by atoms with E-state index in [0.717, 1.165) is 37.1 Å². The summed E-state index contributed by atoms with van der Waals surface area (Å²) in [4.78, 5) is 4.30. The largest absolute Gasteiger partial charge is 0.436 e. The van der Waals surface area contributed by atoms with Crippen molar-refractivity contribution in [2.24, 2.45) is 0 Å². The van der Waals surface area contributed by atoms with E-state index in [1.165, 1.54) is 6.07 Å². The summed E-state index contributed by atoms with van der Waals surface area (Å²) in [6.45, 7) is 3.85. The molecule has 0 radical (unpaired) electrons. The number of aryl methyl sites for hydroxylation is 1. The van der Waals surface area contributed by atoms with E-state index in [0.29, 0.717) is 11.8 Å². The summed E-state index contributed by atoms with van der Waals surface area (Å²) < 4.78 is 19.7. The van der Waals surface area contributed by atoms with E-state index in [1.807, 2.05) is 25.1 Å². The number of pyridine rings is 1. The summed E-state index contributed by atoms with van der Waals surface area (Å²) in [6.07, 6.45) is 3.79. The Labute approximate surface area is 136 Å². The van der Waals surface area contributed by atoms with E-state index in [1.54, 1.807) is 12.3 Å². The van der Waals surface area contributed by atoms with Crippen LogP contribution in [0.5, 0.6) is 11.6 Å². The summed E-state index contributed by atoms with van der Waals surface area (Å²) >= 11 is 0. The molecule has 2 aromatic rings. The number of halogens is 2. The molecule has 22 heavy (non-hydrogen) atoms. The van der Waals surface area contributed by atoms with Crippen molar-refractivity contribution in [3.8, 4) is 11.6 Å². The smallest absolute Gasteiger partial charge is 0.222 e. The van der Waals surface area contributed by atoms with Gasteiger partial charge in [-0.05, 0) is 62.5 Å². The molecule has 1 aromatic heterocycles. The van der Waals surface area contributed by atoms with Crippen molar-refractivity contribution < 1.29 is 9.13 Å². The number of piperidine rings is 1. The highest BCUT2D eigenvalue weighted by Crippen LogP contribution is 2.34. The second-order valence-electron chi connectivity index (χ2n) is 5.46. The summed E-state index contributed by atoms with van der Waals surface area (Å²) in [5, 5.41) is 3.35. The number of rotatable bonds is 3. The van der Waals surface area contributed by atoms with Gasteiger partial charge in [-0.3, -0.25) is 0 Å². The molecule has 0 bridgehead atoms. The van der Waals surface area contributed by atoms with E-state index in [2.05, 4.69) is 10.3 Å². The zero-order valence-corrected chi connectivity index (χ0v) is 13.3. The first-order chi connectivity index (χ1) is 10.2. The number of ether oxygens (including phenoxy) is 1. The molecular formula is C17H20ClFN2O. The first kappa shape index (κ1) is 16.7. The van der Waals surface area contributed by atoms with Crippen molar-refractivity contribution >= 4 is 12.4 Å². The van der Waals surface area contributed by atoms with Gasteiger partial charge in [0, 0.05) is 11.8 Å². The molecule has 3 rings (SSSR count). The Balaban J connectivity index is 0.00000176. The maximum Gasteiger partial charge on any atom is 0.222 e. The monoisotopic (exact) mass is 322 g/mol. The lowest BCUT2D eigenvalue weighted by Gasteiger charge is -2.24. The van der Waals surface area contributed by atoms with Crippen LogP contribution in [0.4, 0.5) is 4.39 Å². The van der Waals surface area contributed by atoms with Crippen LogP contribution in [0.2, 0.25) is 0 Å². The van der Waals surface area contributed by atoms with Crippen LogP contribution in [0.15, 0.2) is 36.5 Å². The second-order valence-corrected chi connectivity index (χ2v) is 5.46. The summed E-state index contributed by atoms with van der Waals surface area (Å²) in [5.41, 5.74) is 1.94. The van der Waals surface area contributed by atoms with Crippen LogP contribution in [0.3, 0.4) is 0 Å². The summed E-state index contributed by atoms with van der Waals surface area (Å²) in [5.74, 6) is 0.821. The minimum atomic E-state index is -0.350. The van der Waals surface area contributed by atoms with E-state index < -0.39 is 0 Å². The minimum Gasteiger partial charge on any atom is -0.436 e. The molecule has 1 N–H and O–H groups in total. The average Bonchev–Trinajstić information content (AvgIpc) is 2.51. The molecule has 0 unspecified atom stereocenters. The topological polar surface area (TPSA) is 34.1 Å². The molecule has 3 nitrogen and oxygen atoms in total. The molecule has 0 aliphatic carbocycles. The van der Waals surface area contributed by atoms with Gasteiger partial charge in [-0.15, -0.1) is 12.4 Å². The lowest BCUT2D eigenvalue weighted by molar-refractivity contribution is 0.401. The van der Waals surface area contributed by atoms with Crippen LogP contribution in [0, 0.1) is 12.7 Å². The molecule has 1 fully saturated rings. The molecule has 2 heterocycles. The molecule has 0 amide bonds. The van der Waals surface area contributed by atoms with Gasteiger partial charge in [0.25, 0.3) is 0 Å². The fourth-order valence-electron chi connectivity index (χ4n) is 2.72. The first-order valence-electron chi connectivity index (χ1n) is 7.33. The summed E-state index contributed by atoms with van der Waals surface area (Å²) in [7, 11) is 0. The van der Waals surface area contributed by atoms with Crippen molar-refractivity contribution in [3.63, 3.8) is 0 Å². The van der Waals surface area contributed by atoms with E-state index in [-0.39, 0.29) is 24.0 Å². The Bertz CT molecular complexity index is 630.